The lowest BCUT2D eigenvalue weighted by atomic mass is 10.1. The second kappa shape index (κ2) is 8.54. The second-order valence-electron chi connectivity index (χ2n) is 6.00. The number of hydrogen-bond donors (Lipinski definition) is 1. The van der Waals surface area contributed by atoms with E-state index in [-0.39, 0.29) is 23.8 Å². The molecule has 2 rings (SSSR count). The number of halogens is 2. The topological polar surface area (TPSA) is 55.4 Å². The highest BCUT2D eigenvalue weighted by Crippen LogP contribution is 2.26. The molecule has 1 N–H and O–H groups in total. The summed E-state index contributed by atoms with van der Waals surface area (Å²) < 4.78 is 5.22. The standard InChI is InChI=1S/C18H21Cl2NO3/c1-11(15-8-7-14(19)10-16(15)20)21-18(23)12(2)24-17(22)9-13-5-3-4-6-13/h3,5,7-8,10-13H,4,6,9H2,1-2H3,(H,21,23)/t11-,12+,13-/m0/s1. The van der Waals surface area contributed by atoms with Crippen LogP contribution in [0.1, 0.15) is 44.7 Å². The van der Waals surface area contributed by atoms with Gasteiger partial charge < -0.3 is 10.1 Å². The van der Waals surface area contributed by atoms with Gasteiger partial charge in [-0.05, 0) is 50.3 Å². The van der Waals surface area contributed by atoms with Crippen LogP contribution in [-0.2, 0) is 14.3 Å². The molecule has 3 atom stereocenters. The van der Waals surface area contributed by atoms with E-state index in [2.05, 4.69) is 11.4 Å². The molecular weight excluding hydrogens is 349 g/mol. The van der Waals surface area contributed by atoms with E-state index in [0.717, 1.165) is 18.4 Å². The molecule has 0 aliphatic heterocycles. The van der Waals surface area contributed by atoms with Gasteiger partial charge >= 0.3 is 5.97 Å². The largest absolute Gasteiger partial charge is 0.453 e. The fraction of sp³-hybridized carbons (Fsp3) is 0.444. The first-order valence-corrected chi connectivity index (χ1v) is 8.74. The molecule has 0 aromatic heterocycles. The molecule has 0 unspecified atom stereocenters. The zero-order chi connectivity index (χ0) is 17.7. The average Bonchev–Trinajstić information content (AvgIpc) is 2.99. The van der Waals surface area contributed by atoms with Gasteiger partial charge in [0.25, 0.3) is 5.91 Å². The van der Waals surface area contributed by atoms with Crippen LogP contribution in [0.25, 0.3) is 0 Å². The molecule has 0 spiro atoms. The lowest BCUT2D eigenvalue weighted by Gasteiger charge is -2.19. The van der Waals surface area contributed by atoms with Gasteiger partial charge in [-0.2, -0.15) is 0 Å². The third-order valence-electron chi connectivity index (χ3n) is 4.01. The molecule has 0 saturated heterocycles. The van der Waals surface area contributed by atoms with Crippen molar-refractivity contribution in [2.75, 3.05) is 0 Å². The lowest BCUT2D eigenvalue weighted by Crippen LogP contribution is -2.37. The minimum absolute atomic E-state index is 0.222. The Bertz CT molecular complexity index is 645. The molecule has 1 aromatic carbocycles. The maximum absolute atomic E-state index is 12.2. The highest BCUT2D eigenvalue weighted by atomic mass is 35.5. The molecular formula is C18H21Cl2NO3. The Labute approximate surface area is 152 Å². The highest BCUT2D eigenvalue weighted by molar-refractivity contribution is 6.35. The smallest absolute Gasteiger partial charge is 0.307 e. The molecule has 1 aliphatic rings. The Morgan fingerprint density at radius 2 is 2.08 bits per heavy atom. The molecule has 1 amide bonds. The number of benzene rings is 1. The Morgan fingerprint density at radius 1 is 1.33 bits per heavy atom. The third-order valence-corrected chi connectivity index (χ3v) is 4.57. The van der Waals surface area contributed by atoms with Crippen molar-refractivity contribution >= 4 is 35.1 Å². The van der Waals surface area contributed by atoms with E-state index in [1.807, 2.05) is 13.0 Å². The summed E-state index contributed by atoms with van der Waals surface area (Å²) in [6, 6.07) is 4.78. The Balaban J connectivity index is 1.86. The Hall–Kier alpha value is -1.52. The summed E-state index contributed by atoms with van der Waals surface area (Å²) in [7, 11) is 0. The molecule has 1 aliphatic carbocycles. The first kappa shape index (κ1) is 18.8. The quantitative estimate of drug-likeness (QED) is 0.594. The van der Waals surface area contributed by atoms with Crippen molar-refractivity contribution in [2.45, 2.75) is 45.3 Å². The van der Waals surface area contributed by atoms with E-state index in [4.69, 9.17) is 27.9 Å². The van der Waals surface area contributed by atoms with E-state index < -0.39 is 6.10 Å². The SMILES string of the molecule is C[C@H](NC(=O)[C@@H](C)OC(=O)C[C@H]1C=CCC1)c1ccc(Cl)cc1Cl. The van der Waals surface area contributed by atoms with E-state index in [0.29, 0.717) is 16.5 Å². The zero-order valence-electron chi connectivity index (χ0n) is 13.7. The number of allylic oxidation sites excluding steroid dienone is 2. The van der Waals surface area contributed by atoms with Gasteiger partial charge in [-0.3, -0.25) is 9.59 Å². The van der Waals surface area contributed by atoms with Crippen molar-refractivity contribution in [2.24, 2.45) is 5.92 Å². The summed E-state index contributed by atoms with van der Waals surface area (Å²) in [6.45, 7) is 3.37. The van der Waals surface area contributed by atoms with Crippen molar-refractivity contribution in [1.82, 2.24) is 5.32 Å². The molecule has 0 heterocycles. The number of carbonyl (C=O) groups excluding carboxylic acids is 2. The number of carbonyl (C=O) groups is 2. The van der Waals surface area contributed by atoms with Gasteiger partial charge in [-0.25, -0.2) is 0 Å². The Morgan fingerprint density at radius 3 is 2.71 bits per heavy atom. The van der Waals surface area contributed by atoms with Crippen molar-refractivity contribution < 1.29 is 14.3 Å². The number of rotatable bonds is 6. The highest BCUT2D eigenvalue weighted by Gasteiger charge is 2.22. The number of esters is 1. The van der Waals surface area contributed by atoms with Crippen molar-refractivity contribution in [3.8, 4) is 0 Å². The van der Waals surface area contributed by atoms with Gasteiger partial charge in [0.1, 0.15) is 0 Å². The summed E-state index contributed by atoms with van der Waals surface area (Å²) in [5.74, 6) is -0.491. The first-order chi connectivity index (χ1) is 11.4. The molecule has 24 heavy (non-hydrogen) atoms. The molecule has 0 bridgehead atoms. The van der Waals surface area contributed by atoms with Crippen LogP contribution in [0.4, 0.5) is 0 Å². The molecule has 6 heteroatoms. The van der Waals surface area contributed by atoms with Gasteiger partial charge in [0, 0.05) is 10.0 Å². The fourth-order valence-corrected chi connectivity index (χ4v) is 3.21. The zero-order valence-corrected chi connectivity index (χ0v) is 15.2. The van der Waals surface area contributed by atoms with Crippen LogP contribution in [0.15, 0.2) is 30.4 Å². The van der Waals surface area contributed by atoms with Crippen LogP contribution in [0.3, 0.4) is 0 Å². The van der Waals surface area contributed by atoms with E-state index in [9.17, 15) is 9.59 Å². The van der Waals surface area contributed by atoms with Gasteiger partial charge in [-0.1, -0.05) is 41.4 Å². The summed E-state index contributed by atoms with van der Waals surface area (Å²) in [4.78, 5) is 24.1. The molecule has 4 nitrogen and oxygen atoms in total. The van der Waals surface area contributed by atoms with Crippen LogP contribution in [0, 0.1) is 5.92 Å². The van der Waals surface area contributed by atoms with Crippen LogP contribution in [0.5, 0.6) is 0 Å². The van der Waals surface area contributed by atoms with E-state index >= 15 is 0 Å². The molecule has 0 fully saturated rings. The minimum atomic E-state index is -0.851. The van der Waals surface area contributed by atoms with Gasteiger partial charge in [0.05, 0.1) is 12.5 Å². The average molecular weight is 370 g/mol. The molecule has 0 radical (unpaired) electrons. The summed E-state index contributed by atoms with van der Waals surface area (Å²) in [6.07, 6.45) is 5.50. The number of nitrogens with one attached hydrogen (secondary N) is 1. The lowest BCUT2D eigenvalue weighted by molar-refractivity contribution is -0.155. The summed E-state index contributed by atoms with van der Waals surface area (Å²) >= 11 is 12.0. The van der Waals surface area contributed by atoms with Crippen molar-refractivity contribution in [1.29, 1.82) is 0 Å². The number of hydrogen-bond acceptors (Lipinski definition) is 3. The normalized spacial score (nSPS) is 18.9. The van der Waals surface area contributed by atoms with Crippen molar-refractivity contribution in [3.05, 3.63) is 46.0 Å². The van der Waals surface area contributed by atoms with Crippen LogP contribution in [-0.4, -0.2) is 18.0 Å². The summed E-state index contributed by atoms with van der Waals surface area (Å²) in [5.41, 5.74) is 0.754. The van der Waals surface area contributed by atoms with Crippen LogP contribution in [0.2, 0.25) is 10.0 Å². The fourth-order valence-electron chi connectivity index (χ4n) is 2.64. The van der Waals surface area contributed by atoms with Crippen molar-refractivity contribution in [3.63, 3.8) is 0 Å². The predicted octanol–water partition coefficient (Wildman–Crippen LogP) is 4.46. The monoisotopic (exact) mass is 369 g/mol. The molecule has 0 saturated carbocycles. The summed E-state index contributed by atoms with van der Waals surface area (Å²) in [5, 5.41) is 3.81. The maximum atomic E-state index is 12.2. The number of ether oxygens (including phenoxy) is 1. The number of amides is 1. The molecule has 1 aromatic rings. The van der Waals surface area contributed by atoms with E-state index in [1.165, 1.54) is 0 Å². The maximum Gasteiger partial charge on any atom is 0.307 e. The van der Waals surface area contributed by atoms with Gasteiger partial charge in [0.15, 0.2) is 6.10 Å². The Kier molecular flexibility index (Phi) is 6.69. The third kappa shape index (κ3) is 5.25. The van der Waals surface area contributed by atoms with Gasteiger partial charge in [-0.15, -0.1) is 0 Å². The minimum Gasteiger partial charge on any atom is -0.453 e. The van der Waals surface area contributed by atoms with Crippen LogP contribution < -0.4 is 5.32 Å². The second-order valence-corrected chi connectivity index (χ2v) is 6.84. The first-order valence-electron chi connectivity index (χ1n) is 7.98. The van der Waals surface area contributed by atoms with Crippen LogP contribution >= 0.6 is 23.2 Å². The van der Waals surface area contributed by atoms with Gasteiger partial charge in [0.2, 0.25) is 0 Å². The van der Waals surface area contributed by atoms with E-state index in [1.54, 1.807) is 25.1 Å². The predicted molar refractivity (Wildman–Crippen MR) is 95.1 cm³/mol. The molecule has 130 valence electrons.